The van der Waals surface area contributed by atoms with Gasteiger partial charge in [0.15, 0.2) is 5.75 Å². The third-order valence-electron chi connectivity index (χ3n) is 6.81. The molecule has 1 N–H and O–H groups in total. The minimum atomic E-state index is -4.89. The second-order valence-electron chi connectivity index (χ2n) is 11.2. The number of alkyl halides is 3. The highest BCUT2D eigenvalue weighted by Gasteiger charge is 2.34. The van der Waals surface area contributed by atoms with Crippen molar-refractivity contribution in [2.24, 2.45) is 0 Å². The number of anilines is 3. The summed E-state index contributed by atoms with van der Waals surface area (Å²) in [4.78, 5) is 39.6. The molecule has 11 nitrogen and oxygen atoms in total. The molecule has 3 aromatic rings. The number of amides is 2. The van der Waals surface area contributed by atoms with Crippen LogP contribution in [0.1, 0.15) is 36.7 Å². The van der Waals surface area contributed by atoms with Crippen molar-refractivity contribution in [3.63, 3.8) is 0 Å². The third-order valence-corrected chi connectivity index (χ3v) is 6.81. The van der Waals surface area contributed by atoms with Crippen molar-refractivity contribution in [1.29, 1.82) is 0 Å². The molecule has 0 spiro atoms. The van der Waals surface area contributed by atoms with Crippen LogP contribution in [0.5, 0.6) is 5.75 Å². The monoisotopic (exact) mass is 587 g/mol. The van der Waals surface area contributed by atoms with Crippen LogP contribution in [-0.4, -0.2) is 88.1 Å². The van der Waals surface area contributed by atoms with Gasteiger partial charge in [0.2, 0.25) is 5.95 Å². The van der Waals surface area contributed by atoms with Crippen LogP contribution in [0.4, 0.5) is 35.3 Å². The van der Waals surface area contributed by atoms with E-state index < -0.39 is 29.7 Å². The van der Waals surface area contributed by atoms with Gasteiger partial charge in [0, 0.05) is 57.0 Å². The summed E-state index contributed by atoms with van der Waals surface area (Å²) in [6, 6.07) is 6.05. The Morgan fingerprint density at radius 2 is 1.76 bits per heavy atom. The molecule has 14 heteroatoms. The molecule has 2 aliphatic heterocycles. The molecule has 0 atom stereocenters. The van der Waals surface area contributed by atoms with Crippen LogP contribution in [0.2, 0.25) is 0 Å². The van der Waals surface area contributed by atoms with Crippen LogP contribution >= 0.6 is 0 Å². The SMILES string of the molecule is CN1CCN(c2ccc(OC(F)(F)F)c(Nc3nccc(-n4cc5c(c4)C(=O)N(C(=O)OC(C)(C)C)CC5)n3)c2)CC1. The first-order valence-corrected chi connectivity index (χ1v) is 13.5. The van der Waals surface area contributed by atoms with Gasteiger partial charge in [0.25, 0.3) is 5.91 Å². The number of hydrogen-bond donors (Lipinski definition) is 1. The van der Waals surface area contributed by atoms with E-state index in [1.165, 1.54) is 12.3 Å². The van der Waals surface area contributed by atoms with E-state index in [2.05, 4.69) is 29.8 Å². The molecular weight excluding hydrogens is 555 g/mol. The van der Waals surface area contributed by atoms with E-state index in [9.17, 15) is 22.8 Å². The normalized spacial score (nSPS) is 16.3. The fourth-order valence-electron chi connectivity index (χ4n) is 4.76. The molecule has 1 saturated heterocycles. The van der Waals surface area contributed by atoms with Crippen molar-refractivity contribution in [3.05, 3.63) is 54.0 Å². The molecular formula is C28H32F3N7O4. The molecule has 0 saturated carbocycles. The maximum atomic E-state index is 13.2. The van der Waals surface area contributed by atoms with Crippen LogP contribution in [0.15, 0.2) is 42.9 Å². The van der Waals surface area contributed by atoms with Gasteiger partial charge >= 0.3 is 12.5 Å². The number of hydrogen-bond acceptors (Lipinski definition) is 9. The topological polar surface area (TPSA) is 105 Å². The predicted octanol–water partition coefficient (Wildman–Crippen LogP) is 4.59. The zero-order valence-electron chi connectivity index (χ0n) is 23.7. The van der Waals surface area contributed by atoms with E-state index in [0.29, 0.717) is 17.8 Å². The number of carbonyl (C=O) groups is 2. The number of nitrogens with zero attached hydrogens (tertiary/aromatic N) is 6. The predicted molar refractivity (Wildman–Crippen MR) is 148 cm³/mol. The van der Waals surface area contributed by atoms with Crippen LogP contribution in [0, 0.1) is 0 Å². The Balaban J connectivity index is 1.39. The van der Waals surface area contributed by atoms with E-state index in [-0.39, 0.29) is 18.2 Å². The highest BCUT2D eigenvalue weighted by molar-refractivity contribution is 6.04. The Morgan fingerprint density at radius 3 is 2.45 bits per heavy atom. The Labute approximate surface area is 240 Å². The zero-order valence-corrected chi connectivity index (χ0v) is 23.7. The Morgan fingerprint density at radius 1 is 1.02 bits per heavy atom. The van der Waals surface area contributed by atoms with Crippen molar-refractivity contribution in [3.8, 4) is 11.6 Å². The molecule has 0 bridgehead atoms. The lowest BCUT2D eigenvalue weighted by Gasteiger charge is -2.34. The first-order chi connectivity index (χ1) is 19.8. The number of halogens is 3. The van der Waals surface area contributed by atoms with Crippen molar-refractivity contribution in [2.75, 3.05) is 50.0 Å². The summed E-state index contributed by atoms with van der Waals surface area (Å²) >= 11 is 0. The number of nitrogens with one attached hydrogen (secondary N) is 1. The number of imide groups is 1. The smallest absolute Gasteiger partial charge is 0.443 e. The van der Waals surface area contributed by atoms with Crippen LogP contribution in [-0.2, 0) is 11.2 Å². The van der Waals surface area contributed by atoms with Gasteiger partial charge in [-0.05, 0) is 64.1 Å². The maximum Gasteiger partial charge on any atom is 0.573 e. The van der Waals surface area contributed by atoms with Gasteiger partial charge in [0.05, 0.1) is 11.3 Å². The Hall–Kier alpha value is -4.33. The number of fused-ring (bicyclic) bond motifs is 1. The van der Waals surface area contributed by atoms with Gasteiger partial charge < -0.3 is 29.2 Å². The van der Waals surface area contributed by atoms with Gasteiger partial charge in [0.1, 0.15) is 11.4 Å². The maximum absolute atomic E-state index is 13.2. The molecule has 2 aliphatic rings. The molecule has 2 amide bonds. The highest BCUT2D eigenvalue weighted by Crippen LogP contribution is 2.35. The Bertz CT molecular complexity index is 1480. The van der Waals surface area contributed by atoms with E-state index in [4.69, 9.17) is 4.74 Å². The van der Waals surface area contributed by atoms with Crippen molar-refractivity contribution in [1.82, 2.24) is 24.3 Å². The summed E-state index contributed by atoms with van der Waals surface area (Å²) in [5, 5.41) is 2.87. The fourth-order valence-corrected chi connectivity index (χ4v) is 4.76. The van der Waals surface area contributed by atoms with E-state index >= 15 is 0 Å². The molecule has 1 aromatic carbocycles. The average Bonchev–Trinajstić information content (AvgIpc) is 3.34. The fraction of sp³-hybridized carbons (Fsp3) is 0.429. The zero-order chi connectivity index (χ0) is 30.2. The molecule has 224 valence electrons. The summed E-state index contributed by atoms with van der Waals surface area (Å²) in [6.45, 7) is 8.45. The minimum Gasteiger partial charge on any atom is -0.443 e. The standard InChI is InChI=1S/C28H32F3N7O4/c1-27(2,3)42-26(40)38-10-8-18-16-37(17-20(18)24(38)39)23-7-9-32-25(34-23)33-21-15-19(36-13-11-35(4)12-14-36)5-6-22(21)41-28(29,30)31/h5-7,9,15-17H,8,10-14H2,1-4H3,(H,32,33,34). The summed E-state index contributed by atoms with van der Waals surface area (Å²) in [5.74, 6) is -0.500. The first kappa shape index (κ1) is 29.2. The van der Waals surface area contributed by atoms with Crippen molar-refractivity contribution < 1.29 is 32.2 Å². The molecule has 4 heterocycles. The second-order valence-corrected chi connectivity index (χ2v) is 11.2. The van der Waals surface area contributed by atoms with Gasteiger partial charge in [-0.15, -0.1) is 13.2 Å². The van der Waals surface area contributed by atoms with E-state index in [1.807, 2.05) is 7.05 Å². The lowest BCUT2D eigenvalue weighted by Crippen LogP contribution is -2.44. The van der Waals surface area contributed by atoms with E-state index in [1.54, 1.807) is 55.9 Å². The molecule has 0 radical (unpaired) electrons. The van der Waals surface area contributed by atoms with E-state index in [0.717, 1.165) is 42.3 Å². The lowest BCUT2D eigenvalue weighted by molar-refractivity contribution is -0.274. The number of likely N-dealkylation sites (N-methyl/N-ethyl adjacent to an activating group) is 1. The number of ether oxygens (including phenoxy) is 2. The number of piperazine rings is 1. The minimum absolute atomic E-state index is 0.0310. The molecule has 5 rings (SSSR count). The van der Waals surface area contributed by atoms with Crippen LogP contribution < -0.4 is 15.0 Å². The number of aromatic nitrogens is 3. The van der Waals surface area contributed by atoms with Gasteiger partial charge in [-0.2, -0.15) is 4.98 Å². The number of carbonyl (C=O) groups excluding carboxylic acids is 2. The first-order valence-electron chi connectivity index (χ1n) is 13.5. The molecule has 0 aliphatic carbocycles. The summed E-state index contributed by atoms with van der Waals surface area (Å²) in [6.07, 6.45) is -0.424. The Kier molecular flexibility index (Phi) is 7.75. The highest BCUT2D eigenvalue weighted by atomic mass is 19.4. The number of rotatable bonds is 5. The lowest BCUT2D eigenvalue weighted by atomic mass is 10.1. The molecule has 42 heavy (non-hydrogen) atoms. The molecule has 2 aromatic heterocycles. The van der Waals surface area contributed by atoms with Crippen molar-refractivity contribution >= 4 is 29.3 Å². The van der Waals surface area contributed by atoms with Gasteiger partial charge in [-0.3, -0.25) is 4.79 Å². The molecule has 1 fully saturated rings. The van der Waals surface area contributed by atoms with Crippen LogP contribution in [0.3, 0.4) is 0 Å². The van der Waals surface area contributed by atoms with Gasteiger partial charge in [-0.1, -0.05) is 0 Å². The van der Waals surface area contributed by atoms with Crippen LogP contribution in [0.25, 0.3) is 5.82 Å². The summed E-state index contributed by atoms with van der Waals surface area (Å²) < 4.78 is 50.8. The summed E-state index contributed by atoms with van der Waals surface area (Å²) in [5.41, 5.74) is 1.11. The van der Waals surface area contributed by atoms with Gasteiger partial charge in [-0.25, -0.2) is 14.7 Å². The largest absolute Gasteiger partial charge is 0.573 e. The molecule has 0 unspecified atom stereocenters. The van der Waals surface area contributed by atoms with Crippen molar-refractivity contribution in [2.45, 2.75) is 39.2 Å². The summed E-state index contributed by atoms with van der Waals surface area (Å²) in [7, 11) is 2.02. The third kappa shape index (κ3) is 6.75. The second kappa shape index (κ2) is 11.2. The number of benzene rings is 1. The quantitative estimate of drug-likeness (QED) is 0.459. The average molecular weight is 588 g/mol.